The quantitative estimate of drug-likeness (QED) is 0.821. The standard InChI is InChI=1S/C13H15Br2N3S/c1-4-16-12(13-18-7(2)8(3)19-13)11-10(15)5-9(14)6-17-11/h5-6,12,16H,4H2,1-3H3. The SMILES string of the molecule is CCNC(c1nc(C)c(C)s1)c1ncc(Br)cc1Br. The van der Waals surface area contributed by atoms with E-state index < -0.39 is 0 Å². The highest BCUT2D eigenvalue weighted by molar-refractivity contribution is 9.11. The van der Waals surface area contributed by atoms with Crippen molar-refractivity contribution in [3.8, 4) is 0 Å². The van der Waals surface area contributed by atoms with E-state index in [-0.39, 0.29) is 6.04 Å². The van der Waals surface area contributed by atoms with Crippen molar-refractivity contribution in [2.75, 3.05) is 6.54 Å². The number of hydrogen-bond acceptors (Lipinski definition) is 4. The number of nitrogens with zero attached hydrogens (tertiary/aromatic N) is 2. The second-order valence-corrected chi connectivity index (χ2v) is 7.21. The fraction of sp³-hybridized carbons (Fsp3) is 0.385. The topological polar surface area (TPSA) is 37.8 Å². The lowest BCUT2D eigenvalue weighted by Crippen LogP contribution is -2.23. The molecule has 0 amide bonds. The first-order valence-corrected chi connectivity index (χ1v) is 8.41. The van der Waals surface area contributed by atoms with Crippen LogP contribution in [0.3, 0.4) is 0 Å². The molecule has 6 heteroatoms. The number of rotatable bonds is 4. The summed E-state index contributed by atoms with van der Waals surface area (Å²) in [6, 6.07) is 2.05. The van der Waals surface area contributed by atoms with Crippen molar-refractivity contribution < 1.29 is 0 Å². The van der Waals surface area contributed by atoms with E-state index in [4.69, 9.17) is 0 Å². The Hall–Kier alpha value is -0.300. The molecular formula is C13H15Br2N3S. The lowest BCUT2D eigenvalue weighted by Gasteiger charge is -2.16. The molecule has 0 aromatic carbocycles. The summed E-state index contributed by atoms with van der Waals surface area (Å²) in [6.07, 6.45) is 1.82. The third kappa shape index (κ3) is 3.42. The van der Waals surface area contributed by atoms with Crippen LogP contribution in [-0.4, -0.2) is 16.5 Å². The van der Waals surface area contributed by atoms with Gasteiger partial charge in [-0.3, -0.25) is 4.98 Å². The maximum Gasteiger partial charge on any atom is 0.116 e. The van der Waals surface area contributed by atoms with Crippen LogP contribution in [0.25, 0.3) is 0 Å². The molecule has 1 atom stereocenters. The molecule has 0 aliphatic rings. The van der Waals surface area contributed by atoms with Gasteiger partial charge in [-0.1, -0.05) is 6.92 Å². The molecule has 2 rings (SSSR count). The number of halogens is 2. The van der Waals surface area contributed by atoms with Gasteiger partial charge in [0, 0.05) is 20.0 Å². The summed E-state index contributed by atoms with van der Waals surface area (Å²) in [7, 11) is 0. The Morgan fingerprint density at radius 2 is 2.11 bits per heavy atom. The maximum atomic E-state index is 4.65. The highest BCUT2D eigenvalue weighted by Gasteiger charge is 2.21. The largest absolute Gasteiger partial charge is 0.303 e. The van der Waals surface area contributed by atoms with Gasteiger partial charge in [0.1, 0.15) is 11.0 Å². The lowest BCUT2D eigenvalue weighted by molar-refractivity contribution is 0.608. The molecule has 0 aliphatic heterocycles. The van der Waals surface area contributed by atoms with Gasteiger partial charge < -0.3 is 5.32 Å². The number of thiazole rings is 1. The van der Waals surface area contributed by atoms with E-state index in [2.05, 4.69) is 61.0 Å². The average Bonchev–Trinajstić information content (AvgIpc) is 2.67. The van der Waals surface area contributed by atoms with Gasteiger partial charge in [0.15, 0.2) is 0 Å². The van der Waals surface area contributed by atoms with Gasteiger partial charge >= 0.3 is 0 Å². The Labute approximate surface area is 134 Å². The van der Waals surface area contributed by atoms with Gasteiger partial charge in [-0.2, -0.15) is 0 Å². The van der Waals surface area contributed by atoms with Crippen molar-refractivity contribution in [3.05, 3.63) is 42.5 Å². The van der Waals surface area contributed by atoms with Crippen molar-refractivity contribution in [2.24, 2.45) is 0 Å². The van der Waals surface area contributed by atoms with Gasteiger partial charge in [-0.15, -0.1) is 11.3 Å². The van der Waals surface area contributed by atoms with E-state index in [1.54, 1.807) is 11.3 Å². The maximum absolute atomic E-state index is 4.65. The lowest BCUT2D eigenvalue weighted by atomic mass is 10.2. The van der Waals surface area contributed by atoms with Crippen LogP contribution >= 0.6 is 43.2 Å². The number of pyridine rings is 1. The van der Waals surface area contributed by atoms with E-state index in [9.17, 15) is 0 Å². The molecule has 3 nitrogen and oxygen atoms in total. The minimum absolute atomic E-state index is 0.0323. The van der Waals surface area contributed by atoms with Gasteiger partial charge in [-0.05, 0) is 58.3 Å². The second-order valence-electron chi connectivity index (χ2n) is 4.20. The van der Waals surface area contributed by atoms with Crippen molar-refractivity contribution in [1.82, 2.24) is 15.3 Å². The van der Waals surface area contributed by atoms with Gasteiger partial charge in [0.25, 0.3) is 0 Å². The minimum Gasteiger partial charge on any atom is -0.303 e. The van der Waals surface area contributed by atoms with Crippen LogP contribution in [-0.2, 0) is 0 Å². The van der Waals surface area contributed by atoms with Crippen molar-refractivity contribution >= 4 is 43.2 Å². The Morgan fingerprint density at radius 3 is 2.63 bits per heavy atom. The summed E-state index contributed by atoms with van der Waals surface area (Å²) in [5.41, 5.74) is 2.06. The number of hydrogen-bond donors (Lipinski definition) is 1. The molecule has 0 saturated carbocycles. The minimum atomic E-state index is 0.0323. The normalized spacial score (nSPS) is 12.7. The third-order valence-corrected chi connectivity index (χ3v) is 5.02. The van der Waals surface area contributed by atoms with Crippen LogP contribution < -0.4 is 5.32 Å². The molecule has 19 heavy (non-hydrogen) atoms. The van der Waals surface area contributed by atoms with Crippen molar-refractivity contribution in [2.45, 2.75) is 26.8 Å². The summed E-state index contributed by atoms with van der Waals surface area (Å²) < 4.78 is 1.95. The summed E-state index contributed by atoms with van der Waals surface area (Å²) in [6.45, 7) is 7.10. The first-order valence-electron chi connectivity index (χ1n) is 6.01. The Bertz CT molecular complexity index is 564. The van der Waals surface area contributed by atoms with Crippen molar-refractivity contribution in [3.63, 3.8) is 0 Å². The molecule has 0 aliphatic carbocycles. The third-order valence-electron chi connectivity index (χ3n) is 2.81. The molecule has 0 saturated heterocycles. The molecule has 1 unspecified atom stereocenters. The monoisotopic (exact) mass is 403 g/mol. The van der Waals surface area contributed by atoms with Gasteiger partial charge in [0.05, 0.1) is 11.4 Å². The van der Waals surface area contributed by atoms with E-state index in [0.29, 0.717) is 0 Å². The predicted octanol–water partition coefficient (Wildman–Crippen LogP) is 4.38. The average molecular weight is 405 g/mol. The number of aryl methyl sites for hydroxylation is 2. The van der Waals surface area contributed by atoms with Crippen LogP contribution in [0.1, 0.15) is 34.2 Å². The predicted molar refractivity (Wildman–Crippen MR) is 86.7 cm³/mol. The van der Waals surface area contributed by atoms with Gasteiger partial charge in [0.2, 0.25) is 0 Å². The van der Waals surface area contributed by atoms with Crippen molar-refractivity contribution in [1.29, 1.82) is 0 Å². The molecule has 0 fully saturated rings. The zero-order chi connectivity index (χ0) is 14.0. The van der Waals surface area contributed by atoms with Crippen LogP contribution in [0.4, 0.5) is 0 Å². The molecule has 2 aromatic heterocycles. The molecule has 2 aromatic rings. The fourth-order valence-electron chi connectivity index (χ4n) is 1.76. The number of nitrogens with one attached hydrogen (secondary N) is 1. The molecule has 0 spiro atoms. The Kier molecular flexibility index (Phi) is 5.11. The van der Waals surface area contributed by atoms with E-state index >= 15 is 0 Å². The van der Waals surface area contributed by atoms with E-state index in [1.165, 1.54) is 4.88 Å². The second kappa shape index (κ2) is 6.43. The molecule has 0 bridgehead atoms. The molecule has 0 radical (unpaired) electrons. The zero-order valence-electron chi connectivity index (χ0n) is 11.0. The Balaban J connectivity index is 2.44. The van der Waals surface area contributed by atoms with Gasteiger partial charge in [-0.25, -0.2) is 4.98 Å². The highest BCUT2D eigenvalue weighted by Crippen LogP contribution is 2.31. The number of aromatic nitrogens is 2. The van der Waals surface area contributed by atoms with Crippen LogP contribution in [0, 0.1) is 13.8 Å². The molecular weight excluding hydrogens is 390 g/mol. The van der Waals surface area contributed by atoms with Crippen LogP contribution in [0.15, 0.2) is 21.2 Å². The highest BCUT2D eigenvalue weighted by atomic mass is 79.9. The summed E-state index contributed by atoms with van der Waals surface area (Å²) >= 11 is 8.74. The van der Waals surface area contributed by atoms with E-state index in [1.807, 2.05) is 19.2 Å². The Morgan fingerprint density at radius 1 is 1.37 bits per heavy atom. The molecule has 2 heterocycles. The summed E-state index contributed by atoms with van der Waals surface area (Å²) in [5, 5.41) is 4.52. The summed E-state index contributed by atoms with van der Waals surface area (Å²) in [5.74, 6) is 0. The van der Waals surface area contributed by atoms with Crippen LogP contribution in [0.5, 0.6) is 0 Å². The molecule has 102 valence electrons. The first kappa shape index (κ1) is 15.1. The first-order chi connectivity index (χ1) is 9.02. The smallest absolute Gasteiger partial charge is 0.116 e. The van der Waals surface area contributed by atoms with Crippen LogP contribution in [0.2, 0.25) is 0 Å². The fourth-order valence-corrected chi connectivity index (χ4v) is 3.98. The molecule has 1 N–H and O–H groups in total. The summed E-state index contributed by atoms with van der Waals surface area (Å²) in [4.78, 5) is 10.4. The zero-order valence-corrected chi connectivity index (χ0v) is 15.0. The van der Waals surface area contributed by atoms with E-state index in [0.717, 1.165) is 31.9 Å².